The summed E-state index contributed by atoms with van der Waals surface area (Å²) in [6.45, 7) is 7.08. The fourth-order valence-electron chi connectivity index (χ4n) is 3.05. The van der Waals surface area contributed by atoms with Gasteiger partial charge in [-0.05, 0) is 38.1 Å². The molecule has 5 nitrogen and oxygen atoms in total. The van der Waals surface area contributed by atoms with Crippen molar-refractivity contribution in [2.45, 2.75) is 23.9 Å². The van der Waals surface area contributed by atoms with E-state index in [1.165, 1.54) is 12.1 Å². The van der Waals surface area contributed by atoms with Crippen LogP contribution in [-0.2, 0) is 6.18 Å². The number of alkyl halides is 3. The molecule has 2 heterocycles. The van der Waals surface area contributed by atoms with Crippen LogP contribution in [0.4, 0.5) is 24.0 Å². The third-order valence-electron chi connectivity index (χ3n) is 4.49. The Hall–Kier alpha value is -1.52. The quantitative estimate of drug-likeness (QED) is 0.497. The molecule has 0 unspecified atom stereocenters. The van der Waals surface area contributed by atoms with Gasteiger partial charge in [0.2, 0.25) is 5.13 Å². The molecule has 28 heavy (non-hydrogen) atoms. The highest BCUT2D eigenvalue weighted by molar-refractivity contribution is 8.01. The molecule has 1 fully saturated rings. The third-order valence-corrected chi connectivity index (χ3v) is 6.59. The highest BCUT2D eigenvalue weighted by Gasteiger charge is 2.31. The summed E-state index contributed by atoms with van der Waals surface area (Å²) in [6.07, 6.45) is -3.25. The van der Waals surface area contributed by atoms with Gasteiger partial charge in [0.15, 0.2) is 4.34 Å². The number of anilines is 2. The summed E-state index contributed by atoms with van der Waals surface area (Å²) in [4.78, 5) is 4.40. The molecule has 0 atom stereocenters. The van der Waals surface area contributed by atoms with Gasteiger partial charge in [-0.2, -0.15) is 13.2 Å². The van der Waals surface area contributed by atoms with Crippen LogP contribution in [-0.4, -0.2) is 60.1 Å². The van der Waals surface area contributed by atoms with Gasteiger partial charge in [0, 0.05) is 44.2 Å². The van der Waals surface area contributed by atoms with E-state index in [0.29, 0.717) is 5.69 Å². The SMILES string of the molecule is CCNc1nnc(SCCCN2CCN(c3cccc(C(F)(F)F)c3)CC2)s1. The van der Waals surface area contributed by atoms with Gasteiger partial charge in [-0.25, -0.2) is 0 Å². The normalized spacial score (nSPS) is 15.8. The van der Waals surface area contributed by atoms with Crippen LogP contribution in [0.1, 0.15) is 18.9 Å². The first kappa shape index (κ1) is 21.2. The van der Waals surface area contributed by atoms with Crippen molar-refractivity contribution in [1.29, 1.82) is 0 Å². The second-order valence-electron chi connectivity index (χ2n) is 6.48. The maximum absolute atomic E-state index is 12.9. The summed E-state index contributed by atoms with van der Waals surface area (Å²) in [6, 6.07) is 5.61. The predicted octanol–water partition coefficient (Wildman–Crippen LogP) is 4.29. The number of nitrogens with zero attached hydrogens (tertiary/aromatic N) is 4. The van der Waals surface area contributed by atoms with Gasteiger partial charge in [-0.1, -0.05) is 29.2 Å². The smallest absolute Gasteiger partial charge is 0.369 e. The Kier molecular flexibility index (Phi) is 7.42. The zero-order valence-electron chi connectivity index (χ0n) is 15.7. The first-order valence-corrected chi connectivity index (χ1v) is 11.1. The summed E-state index contributed by atoms with van der Waals surface area (Å²) < 4.78 is 39.7. The summed E-state index contributed by atoms with van der Waals surface area (Å²) in [5, 5.41) is 12.3. The van der Waals surface area contributed by atoms with Crippen LogP contribution < -0.4 is 10.2 Å². The zero-order valence-corrected chi connectivity index (χ0v) is 17.3. The molecule has 0 saturated carbocycles. The van der Waals surface area contributed by atoms with E-state index < -0.39 is 11.7 Å². The van der Waals surface area contributed by atoms with E-state index in [1.54, 1.807) is 29.2 Å². The number of nitrogens with one attached hydrogen (secondary N) is 1. The lowest BCUT2D eigenvalue weighted by molar-refractivity contribution is -0.137. The van der Waals surface area contributed by atoms with Crippen LogP contribution in [0, 0.1) is 0 Å². The van der Waals surface area contributed by atoms with Crippen molar-refractivity contribution in [1.82, 2.24) is 15.1 Å². The number of hydrogen-bond acceptors (Lipinski definition) is 7. The minimum atomic E-state index is -4.30. The van der Waals surface area contributed by atoms with Crippen LogP contribution in [0.2, 0.25) is 0 Å². The highest BCUT2D eigenvalue weighted by atomic mass is 32.2. The lowest BCUT2D eigenvalue weighted by atomic mass is 10.1. The first-order chi connectivity index (χ1) is 13.5. The van der Waals surface area contributed by atoms with Crippen molar-refractivity contribution in [3.05, 3.63) is 29.8 Å². The Bertz CT molecular complexity index is 745. The van der Waals surface area contributed by atoms with E-state index in [4.69, 9.17) is 0 Å². The molecular formula is C18H24F3N5S2. The lowest BCUT2D eigenvalue weighted by Gasteiger charge is -2.36. The average Bonchev–Trinajstić information content (AvgIpc) is 3.13. The van der Waals surface area contributed by atoms with Gasteiger partial charge >= 0.3 is 6.18 Å². The Labute approximate surface area is 171 Å². The minimum absolute atomic E-state index is 0.585. The molecule has 1 aliphatic rings. The first-order valence-electron chi connectivity index (χ1n) is 9.30. The fourth-order valence-corrected chi connectivity index (χ4v) is 4.86. The Balaban J connectivity index is 1.38. The van der Waals surface area contributed by atoms with Gasteiger partial charge in [0.1, 0.15) is 0 Å². The van der Waals surface area contributed by atoms with Gasteiger partial charge in [0.05, 0.1) is 5.56 Å². The zero-order chi connectivity index (χ0) is 20.0. The van der Waals surface area contributed by atoms with Gasteiger partial charge in [-0.15, -0.1) is 10.2 Å². The number of halogens is 3. The summed E-state index contributed by atoms with van der Waals surface area (Å²) in [5.41, 5.74) is 0.0659. The Morgan fingerprint density at radius 2 is 1.96 bits per heavy atom. The molecule has 0 radical (unpaired) electrons. The molecular weight excluding hydrogens is 407 g/mol. The highest BCUT2D eigenvalue weighted by Crippen LogP contribution is 2.32. The van der Waals surface area contributed by atoms with Crippen molar-refractivity contribution in [3.63, 3.8) is 0 Å². The van der Waals surface area contributed by atoms with Crippen molar-refractivity contribution in [2.24, 2.45) is 0 Å². The van der Waals surface area contributed by atoms with E-state index in [0.717, 1.165) is 67.0 Å². The Morgan fingerprint density at radius 1 is 1.18 bits per heavy atom. The summed E-state index contributed by atoms with van der Waals surface area (Å²) in [7, 11) is 0. The Morgan fingerprint density at radius 3 is 2.68 bits per heavy atom. The number of rotatable bonds is 8. The molecule has 1 aromatic heterocycles. The van der Waals surface area contributed by atoms with Crippen LogP contribution >= 0.6 is 23.1 Å². The molecule has 10 heteroatoms. The van der Waals surface area contributed by atoms with Crippen molar-refractivity contribution < 1.29 is 13.2 Å². The van der Waals surface area contributed by atoms with E-state index in [1.807, 2.05) is 11.8 Å². The number of aromatic nitrogens is 2. The van der Waals surface area contributed by atoms with Gasteiger partial charge in [0.25, 0.3) is 0 Å². The topological polar surface area (TPSA) is 44.3 Å². The largest absolute Gasteiger partial charge is 0.416 e. The number of benzene rings is 1. The number of hydrogen-bond donors (Lipinski definition) is 1. The molecule has 0 spiro atoms. The van der Waals surface area contributed by atoms with E-state index >= 15 is 0 Å². The minimum Gasteiger partial charge on any atom is -0.369 e. The van der Waals surface area contributed by atoms with Crippen LogP contribution in [0.15, 0.2) is 28.6 Å². The molecule has 154 valence electrons. The van der Waals surface area contributed by atoms with Crippen LogP contribution in [0.5, 0.6) is 0 Å². The average molecular weight is 432 g/mol. The monoisotopic (exact) mass is 431 g/mol. The van der Waals surface area contributed by atoms with Crippen molar-refractivity contribution in [3.8, 4) is 0 Å². The van der Waals surface area contributed by atoms with Crippen LogP contribution in [0.25, 0.3) is 0 Å². The second kappa shape index (κ2) is 9.80. The number of piperazine rings is 1. The third kappa shape index (κ3) is 5.99. The molecule has 1 aromatic carbocycles. The molecule has 0 bridgehead atoms. The summed E-state index contributed by atoms with van der Waals surface area (Å²) >= 11 is 3.29. The van der Waals surface area contributed by atoms with Gasteiger partial charge < -0.3 is 10.2 Å². The summed E-state index contributed by atoms with van der Waals surface area (Å²) in [5.74, 6) is 0.981. The van der Waals surface area contributed by atoms with Crippen molar-refractivity contribution in [2.75, 3.05) is 55.2 Å². The molecule has 1 saturated heterocycles. The molecule has 0 aliphatic carbocycles. The maximum atomic E-state index is 12.9. The maximum Gasteiger partial charge on any atom is 0.416 e. The number of thioether (sulfide) groups is 1. The van der Waals surface area contributed by atoms with E-state index in [2.05, 4.69) is 20.4 Å². The van der Waals surface area contributed by atoms with Crippen LogP contribution in [0.3, 0.4) is 0 Å². The van der Waals surface area contributed by atoms with E-state index in [9.17, 15) is 13.2 Å². The lowest BCUT2D eigenvalue weighted by Crippen LogP contribution is -2.46. The molecule has 2 aromatic rings. The molecule has 0 amide bonds. The predicted molar refractivity (Wildman–Crippen MR) is 110 cm³/mol. The van der Waals surface area contributed by atoms with Gasteiger partial charge in [-0.3, -0.25) is 4.90 Å². The molecule has 1 aliphatic heterocycles. The standard InChI is InChI=1S/C18H24F3N5S2/c1-2-22-16-23-24-17(28-16)27-12-4-7-25-8-10-26(11-9-25)15-6-3-5-14(13-15)18(19,20)21/h3,5-6,13H,2,4,7-12H2,1H3,(H,22,23). The molecule has 3 rings (SSSR count). The fraction of sp³-hybridized carbons (Fsp3) is 0.556. The van der Waals surface area contributed by atoms with Crippen molar-refractivity contribution >= 4 is 33.9 Å². The van der Waals surface area contributed by atoms with E-state index in [-0.39, 0.29) is 0 Å². The molecule has 1 N–H and O–H groups in total. The second-order valence-corrected chi connectivity index (χ2v) is 8.80.